The van der Waals surface area contributed by atoms with Crippen molar-refractivity contribution in [2.75, 3.05) is 13.2 Å². The van der Waals surface area contributed by atoms with Crippen LogP contribution in [0.15, 0.2) is 30.5 Å². The number of nitrogens with zero attached hydrogens (tertiary/aromatic N) is 3. The van der Waals surface area contributed by atoms with Crippen molar-refractivity contribution in [2.24, 2.45) is 5.41 Å². The molecule has 1 unspecified atom stereocenters. The van der Waals surface area contributed by atoms with Crippen LogP contribution >= 0.6 is 0 Å². The largest absolute Gasteiger partial charge is 0.465 e. The Balaban J connectivity index is 1.62. The third-order valence-electron chi connectivity index (χ3n) is 7.72. The molecule has 3 aromatic rings. The van der Waals surface area contributed by atoms with Crippen molar-refractivity contribution in [3.05, 3.63) is 52.8 Å². The molecule has 182 valence electrons. The van der Waals surface area contributed by atoms with Crippen LogP contribution in [0.4, 0.5) is 4.79 Å². The molecule has 2 aromatic heterocycles. The number of hydrogen-bond donors (Lipinski definition) is 2. The van der Waals surface area contributed by atoms with E-state index in [0.717, 1.165) is 53.5 Å². The van der Waals surface area contributed by atoms with E-state index in [1.54, 1.807) is 4.90 Å². The first-order valence-corrected chi connectivity index (χ1v) is 12.4. The van der Waals surface area contributed by atoms with Gasteiger partial charge in [0.2, 0.25) is 0 Å². The van der Waals surface area contributed by atoms with E-state index in [1.807, 2.05) is 19.2 Å². The first-order chi connectivity index (χ1) is 16.8. The Labute approximate surface area is 205 Å². The second-order valence-electron chi connectivity index (χ2n) is 10.6. The Morgan fingerprint density at radius 3 is 3.00 bits per heavy atom. The summed E-state index contributed by atoms with van der Waals surface area (Å²) in [5, 5.41) is 20.5. The number of aromatic nitrogens is 2. The summed E-state index contributed by atoms with van der Waals surface area (Å²) >= 11 is 0. The number of fused-ring (bicyclic) bond motifs is 2. The molecule has 4 heterocycles. The molecule has 2 atom stereocenters. The Hall–Kier alpha value is -3.37. The summed E-state index contributed by atoms with van der Waals surface area (Å²) in [7, 11) is 0. The highest BCUT2D eigenvalue weighted by Gasteiger charge is 2.40. The van der Waals surface area contributed by atoms with E-state index < -0.39 is 6.09 Å². The number of nitriles is 1. The van der Waals surface area contributed by atoms with Crippen molar-refractivity contribution < 1.29 is 14.6 Å². The molecule has 7 heteroatoms. The second kappa shape index (κ2) is 9.01. The lowest BCUT2D eigenvalue weighted by Crippen LogP contribution is -2.44. The predicted octanol–water partition coefficient (Wildman–Crippen LogP) is 5.64. The summed E-state index contributed by atoms with van der Waals surface area (Å²) in [6, 6.07) is 10.9. The van der Waals surface area contributed by atoms with Crippen LogP contribution in [0.5, 0.6) is 0 Å². The fourth-order valence-corrected chi connectivity index (χ4v) is 5.91. The standard InChI is InChI=1S/C28H32N4O3/c1-17(15-29)25-22(13-19-6-8-30-26(19)31-25)20-11-18-7-10-35-16-23(18)21(12-20)14-28(2,3)24-5-4-9-32(24)27(33)34/h6,8,11-13,17,24H,4-5,7,9-10,14,16H2,1-3H3,(H,30,31)(H,33,34)/t17?,24-/m0/s1. The van der Waals surface area contributed by atoms with Gasteiger partial charge in [0, 0.05) is 29.7 Å². The average Bonchev–Trinajstić information content (AvgIpc) is 3.52. The Morgan fingerprint density at radius 2 is 2.23 bits per heavy atom. The minimum Gasteiger partial charge on any atom is -0.465 e. The quantitative estimate of drug-likeness (QED) is 0.500. The van der Waals surface area contributed by atoms with Gasteiger partial charge in [-0.1, -0.05) is 26.0 Å². The minimum absolute atomic E-state index is 0.0177. The first kappa shape index (κ1) is 23.4. The molecular weight excluding hydrogens is 440 g/mol. The van der Waals surface area contributed by atoms with Crippen LogP contribution in [0.1, 0.15) is 61.9 Å². The maximum Gasteiger partial charge on any atom is 0.407 e. The predicted molar refractivity (Wildman–Crippen MR) is 134 cm³/mol. The fraction of sp³-hybridized carbons (Fsp3) is 0.464. The lowest BCUT2D eigenvalue weighted by Gasteiger charge is -2.37. The number of rotatable bonds is 5. The number of H-pyrrole nitrogens is 1. The molecule has 0 saturated carbocycles. The lowest BCUT2D eigenvalue weighted by atomic mass is 9.75. The van der Waals surface area contributed by atoms with Crippen molar-refractivity contribution >= 4 is 17.1 Å². The third-order valence-corrected chi connectivity index (χ3v) is 7.72. The van der Waals surface area contributed by atoms with Crippen LogP contribution in [-0.4, -0.2) is 45.3 Å². The monoisotopic (exact) mass is 472 g/mol. The van der Waals surface area contributed by atoms with Crippen LogP contribution < -0.4 is 0 Å². The highest BCUT2D eigenvalue weighted by atomic mass is 16.5. The fourth-order valence-electron chi connectivity index (χ4n) is 5.91. The molecule has 1 fully saturated rings. The Bertz CT molecular complexity index is 1320. The van der Waals surface area contributed by atoms with Gasteiger partial charge in [-0.15, -0.1) is 0 Å². The van der Waals surface area contributed by atoms with Gasteiger partial charge in [-0.3, -0.25) is 0 Å². The van der Waals surface area contributed by atoms with Crippen LogP contribution in [0, 0.1) is 16.7 Å². The topological polar surface area (TPSA) is 102 Å². The number of benzene rings is 1. The van der Waals surface area contributed by atoms with Gasteiger partial charge in [-0.05, 0) is 72.4 Å². The van der Waals surface area contributed by atoms with Crippen LogP contribution in [-0.2, 0) is 24.2 Å². The van der Waals surface area contributed by atoms with Gasteiger partial charge in [0.1, 0.15) is 5.65 Å². The average molecular weight is 473 g/mol. The summed E-state index contributed by atoms with van der Waals surface area (Å²) in [6.45, 7) is 8.10. The molecule has 5 rings (SSSR count). The molecule has 1 aromatic carbocycles. The second-order valence-corrected chi connectivity index (χ2v) is 10.6. The number of aromatic amines is 1. The number of likely N-dealkylation sites (tertiary alicyclic amines) is 1. The number of carbonyl (C=O) groups is 1. The highest BCUT2D eigenvalue weighted by Crippen LogP contribution is 2.40. The Kier molecular flexibility index (Phi) is 6.02. The van der Waals surface area contributed by atoms with E-state index in [9.17, 15) is 15.2 Å². The number of ether oxygens (including phenoxy) is 1. The van der Waals surface area contributed by atoms with Crippen LogP contribution in [0.25, 0.3) is 22.2 Å². The molecular formula is C28H32N4O3. The molecule has 7 nitrogen and oxygen atoms in total. The third kappa shape index (κ3) is 4.28. The van der Waals surface area contributed by atoms with Crippen molar-refractivity contribution in [3.8, 4) is 17.2 Å². The van der Waals surface area contributed by atoms with Gasteiger partial charge in [-0.2, -0.15) is 5.26 Å². The van der Waals surface area contributed by atoms with Gasteiger partial charge < -0.3 is 19.7 Å². The minimum atomic E-state index is -0.833. The van der Waals surface area contributed by atoms with E-state index in [4.69, 9.17) is 9.72 Å². The molecule has 0 bridgehead atoms. The number of pyridine rings is 1. The smallest absolute Gasteiger partial charge is 0.407 e. The van der Waals surface area contributed by atoms with E-state index in [0.29, 0.717) is 19.8 Å². The summed E-state index contributed by atoms with van der Waals surface area (Å²) in [5.74, 6) is -0.348. The van der Waals surface area contributed by atoms with Crippen molar-refractivity contribution in [1.82, 2.24) is 14.9 Å². The van der Waals surface area contributed by atoms with E-state index in [2.05, 4.69) is 43.1 Å². The SMILES string of the molecule is CC(C#N)c1nc2[nH]ccc2cc1-c1cc2c(c(CC(C)(C)[C@@H]3CCCN3C(=O)O)c1)COCC2. The normalized spacial score (nSPS) is 18.9. The zero-order valence-electron chi connectivity index (χ0n) is 20.6. The van der Waals surface area contributed by atoms with Crippen molar-refractivity contribution in [1.29, 1.82) is 5.26 Å². The Morgan fingerprint density at radius 1 is 1.40 bits per heavy atom. The molecule has 35 heavy (non-hydrogen) atoms. The molecule has 1 amide bonds. The number of amides is 1. The van der Waals surface area contributed by atoms with Gasteiger partial charge >= 0.3 is 6.09 Å². The van der Waals surface area contributed by atoms with Gasteiger partial charge in [-0.25, -0.2) is 9.78 Å². The van der Waals surface area contributed by atoms with Gasteiger partial charge in [0.05, 0.1) is 30.9 Å². The maximum absolute atomic E-state index is 11.9. The highest BCUT2D eigenvalue weighted by molar-refractivity contribution is 5.84. The first-order valence-electron chi connectivity index (χ1n) is 12.4. The molecule has 2 aliphatic rings. The van der Waals surface area contributed by atoms with Gasteiger partial charge in [0.25, 0.3) is 0 Å². The van der Waals surface area contributed by atoms with Crippen LogP contribution in [0.2, 0.25) is 0 Å². The lowest BCUT2D eigenvalue weighted by molar-refractivity contribution is 0.0962. The number of carboxylic acid groups (broad SMARTS) is 1. The molecule has 0 aliphatic carbocycles. The number of nitrogens with one attached hydrogen (secondary N) is 1. The molecule has 1 saturated heterocycles. The molecule has 2 aliphatic heterocycles. The van der Waals surface area contributed by atoms with Crippen molar-refractivity contribution in [2.45, 2.75) is 65.0 Å². The van der Waals surface area contributed by atoms with E-state index in [1.165, 1.54) is 16.7 Å². The summed E-state index contributed by atoms with van der Waals surface area (Å²) in [5.41, 5.74) is 7.05. The summed E-state index contributed by atoms with van der Waals surface area (Å²) in [4.78, 5) is 21.5. The van der Waals surface area contributed by atoms with Crippen molar-refractivity contribution in [3.63, 3.8) is 0 Å². The zero-order chi connectivity index (χ0) is 24.7. The summed E-state index contributed by atoms with van der Waals surface area (Å²) < 4.78 is 5.84. The molecule has 0 radical (unpaired) electrons. The molecule has 2 N–H and O–H groups in total. The zero-order valence-corrected chi connectivity index (χ0v) is 20.6. The summed E-state index contributed by atoms with van der Waals surface area (Å²) in [6.07, 6.45) is 4.42. The van der Waals surface area contributed by atoms with E-state index >= 15 is 0 Å². The maximum atomic E-state index is 11.9. The van der Waals surface area contributed by atoms with E-state index in [-0.39, 0.29) is 17.4 Å². The van der Waals surface area contributed by atoms with Gasteiger partial charge in [0.15, 0.2) is 0 Å². The molecule has 0 spiro atoms. The van der Waals surface area contributed by atoms with Crippen LogP contribution in [0.3, 0.4) is 0 Å². The number of hydrogen-bond acceptors (Lipinski definition) is 4.